The zero-order chi connectivity index (χ0) is 16.9. The first-order chi connectivity index (χ1) is 10.3. The summed E-state index contributed by atoms with van der Waals surface area (Å²) in [6.45, 7) is 5.82. The summed E-state index contributed by atoms with van der Waals surface area (Å²) in [6.07, 6.45) is 0. The molecule has 1 aromatic carbocycles. The molecule has 22 heavy (non-hydrogen) atoms. The smallest absolute Gasteiger partial charge is 0.325 e. The number of aliphatic carboxylic acids is 1. The number of carboxylic acid groups (broad SMARTS) is 1. The van der Waals surface area contributed by atoms with E-state index in [1.807, 2.05) is 13.8 Å². The first-order valence-corrected chi connectivity index (χ1v) is 7.18. The Hall–Kier alpha value is -1.95. The van der Waals surface area contributed by atoms with E-state index in [2.05, 4.69) is 5.32 Å². The van der Waals surface area contributed by atoms with Gasteiger partial charge in [-0.15, -0.1) is 0 Å². The van der Waals surface area contributed by atoms with E-state index in [0.717, 1.165) is 0 Å². The van der Waals surface area contributed by atoms with Crippen molar-refractivity contribution in [1.29, 1.82) is 0 Å². The molecule has 6 nitrogen and oxygen atoms in total. The van der Waals surface area contributed by atoms with Crippen molar-refractivity contribution in [3.63, 3.8) is 0 Å². The van der Waals surface area contributed by atoms with E-state index in [4.69, 9.17) is 26.2 Å². The summed E-state index contributed by atoms with van der Waals surface area (Å²) in [4.78, 5) is 22.8. The summed E-state index contributed by atoms with van der Waals surface area (Å²) in [5.41, 5.74) is 0.201. The van der Waals surface area contributed by atoms with E-state index in [1.165, 1.54) is 26.2 Å². The van der Waals surface area contributed by atoms with Gasteiger partial charge in [0.15, 0.2) is 11.5 Å². The van der Waals surface area contributed by atoms with Crippen molar-refractivity contribution < 1.29 is 24.2 Å². The van der Waals surface area contributed by atoms with Gasteiger partial charge in [0, 0.05) is 5.56 Å². The summed E-state index contributed by atoms with van der Waals surface area (Å²) in [5, 5.41) is 11.4. The lowest BCUT2D eigenvalue weighted by Gasteiger charge is -2.16. The third-order valence-corrected chi connectivity index (χ3v) is 3.05. The molecule has 7 heteroatoms. The largest absolute Gasteiger partial charge is 0.493 e. The fraction of sp³-hybridized carbons (Fsp3) is 0.467. The Balaban J connectivity index is 3.02. The SMILES string of the molecule is COc1cc(C(=O)N[C@@H](C)C(=O)O)cc(Cl)c1OCC(C)C. The molecule has 0 aliphatic rings. The maximum atomic E-state index is 12.0. The van der Waals surface area contributed by atoms with Crippen molar-refractivity contribution in [3.8, 4) is 11.5 Å². The Labute approximate surface area is 134 Å². The number of halogens is 1. The molecule has 0 aromatic heterocycles. The minimum atomic E-state index is -1.12. The van der Waals surface area contributed by atoms with Crippen molar-refractivity contribution in [2.75, 3.05) is 13.7 Å². The normalized spacial score (nSPS) is 11.9. The highest BCUT2D eigenvalue weighted by molar-refractivity contribution is 6.32. The minimum absolute atomic E-state index is 0.201. The Kier molecular flexibility index (Phi) is 6.49. The van der Waals surface area contributed by atoms with Gasteiger partial charge >= 0.3 is 5.97 Å². The van der Waals surface area contributed by atoms with Crippen LogP contribution in [0.5, 0.6) is 11.5 Å². The molecule has 0 fully saturated rings. The van der Waals surface area contributed by atoms with Crippen LogP contribution in [0.1, 0.15) is 31.1 Å². The highest BCUT2D eigenvalue weighted by Gasteiger charge is 2.19. The molecule has 2 N–H and O–H groups in total. The molecule has 0 radical (unpaired) electrons. The van der Waals surface area contributed by atoms with E-state index >= 15 is 0 Å². The van der Waals surface area contributed by atoms with Crippen LogP contribution in [0.3, 0.4) is 0 Å². The highest BCUT2D eigenvalue weighted by Crippen LogP contribution is 2.36. The molecule has 1 amide bonds. The zero-order valence-corrected chi connectivity index (χ0v) is 13.7. The number of rotatable bonds is 7. The monoisotopic (exact) mass is 329 g/mol. The lowest BCUT2D eigenvalue weighted by Crippen LogP contribution is -2.38. The molecule has 0 heterocycles. The van der Waals surface area contributed by atoms with E-state index in [1.54, 1.807) is 0 Å². The molecular weight excluding hydrogens is 310 g/mol. The van der Waals surface area contributed by atoms with E-state index < -0.39 is 17.9 Å². The highest BCUT2D eigenvalue weighted by atomic mass is 35.5. The van der Waals surface area contributed by atoms with Gasteiger partial charge in [0.1, 0.15) is 6.04 Å². The van der Waals surface area contributed by atoms with Crippen molar-refractivity contribution in [2.24, 2.45) is 5.92 Å². The predicted octanol–water partition coefficient (Wildman–Crippen LogP) is 2.59. The lowest BCUT2D eigenvalue weighted by molar-refractivity contribution is -0.138. The quantitative estimate of drug-likeness (QED) is 0.803. The second-order valence-corrected chi connectivity index (χ2v) is 5.63. The molecule has 0 aliphatic heterocycles. The first-order valence-electron chi connectivity index (χ1n) is 6.80. The van der Waals surface area contributed by atoms with Gasteiger partial charge < -0.3 is 19.9 Å². The first kappa shape index (κ1) is 18.1. The topological polar surface area (TPSA) is 84.9 Å². The van der Waals surface area contributed by atoms with Crippen LogP contribution in [-0.4, -0.2) is 36.7 Å². The third-order valence-electron chi connectivity index (χ3n) is 2.77. The standard InChI is InChI=1S/C15H20ClNO5/c1-8(2)7-22-13-11(16)5-10(6-12(13)21-4)14(18)17-9(3)15(19)20/h5-6,8-9H,7H2,1-4H3,(H,17,18)(H,19,20)/t9-/m0/s1. The molecule has 0 unspecified atom stereocenters. The summed E-state index contributed by atoms with van der Waals surface area (Å²) in [6, 6.07) is 1.88. The van der Waals surface area contributed by atoms with Gasteiger partial charge in [-0.05, 0) is 25.0 Å². The number of carboxylic acids is 1. The van der Waals surface area contributed by atoms with Gasteiger partial charge in [-0.2, -0.15) is 0 Å². The fourth-order valence-electron chi connectivity index (χ4n) is 1.58. The second-order valence-electron chi connectivity index (χ2n) is 5.23. The summed E-state index contributed by atoms with van der Waals surface area (Å²) in [7, 11) is 1.44. The van der Waals surface area contributed by atoms with Crippen LogP contribution in [0.15, 0.2) is 12.1 Å². The van der Waals surface area contributed by atoms with E-state index in [-0.39, 0.29) is 10.6 Å². The van der Waals surface area contributed by atoms with E-state index in [0.29, 0.717) is 24.0 Å². The second kappa shape index (κ2) is 7.89. The minimum Gasteiger partial charge on any atom is -0.493 e. The number of methoxy groups -OCH3 is 1. The maximum Gasteiger partial charge on any atom is 0.325 e. The van der Waals surface area contributed by atoms with E-state index in [9.17, 15) is 9.59 Å². The lowest BCUT2D eigenvalue weighted by atomic mass is 10.1. The molecule has 122 valence electrons. The van der Waals surface area contributed by atoms with Gasteiger partial charge in [0.2, 0.25) is 0 Å². The molecule has 0 bridgehead atoms. The van der Waals surface area contributed by atoms with Gasteiger partial charge in [-0.1, -0.05) is 25.4 Å². The Bertz CT molecular complexity index is 559. The molecular formula is C15H20ClNO5. The Morgan fingerprint density at radius 3 is 2.45 bits per heavy atom. The van der Waals surface area contributed by atoms with Crippen molar-refractivity contribution in [2.45, 2.75) is 26.8 Å². The molecule has 1 rings (SSSR count). The number of hydrogen-bond donors (Lipinski definition) is 2. The number of ether oxygens (including phenoxy) is 2. The molecule has 0 saturated heterocycles. The predicted molar refractivity (Wildman–Crippen MR) is 82.9 cm³/mol. The molecule has 1 aromatic rings. The number of nitrogens with one attached hydrogen (secondary N) is 1. The number of hydrogen-bond acceptors (Lipinski definition) is 4. The van der Waals surface area contributed by atoms with Crippen molar-refractivity contribution >= 4 is 23.5 Å². The molecule has 0 saturated carbocycles. The number of carbonyl (C=O) groups excluding carboxylic acids is 1. The number of carbonyl (C=O) groups is 2. The van der Waals surface area contributed by atoms with Crippen LogP contribution in [0.25, 0.3) is 0 Å². The van der Waals surface area contributed by atoms with Crippen LogP contribution < -0.4 is 14.8 Å². The Morgan fingerprint density at radius 2 is 1.95 bits per heavy atom. The van der Waals surface area contributed by atoms with Crippen LogP contribution in [-0.2, 0) is 4.79 Å². The van der Waals surface area contributed by atoms with Crippen LogP contribution in [0, 0.1) is 5.92 Å². The van der Waals surface area contributed by atoms with Gasteiger partial charge in [0.25, 0.3) is 5.91 Å². The average molecular weight is 330 g/mol. The van der Waals surface area contributed by atoms with Gasteiger partial charge in [-0.25, -0.2) is 0 Å². The fourth-order valence-corrected chi connectivity index (χ4v) is 1.85. The van der Waals surface area contributed by atoms with Crippen LogP contribution in [0.4, 0.5) is 0 Å². The average Bonchev–Trinajstić information content (AvgIpc) is 2.44. The van der Waals surface area contributed by atoms with Crippen LogP contribution >= 0.6 is 11.6 Å². The number of amides is 1. The van der Waals surface area contributed by atoms with Crippen molar-refractivity contribution in [1.82, 2.24) is 5.32 Å². The molecule has 1 atom stereocenters. The number of benzene rings is 1. The molecule has 0 spiro atoms. The summed E-state index contributed by atoms with van der Waals surface area (Å²) < 4.78 is 10.8. The van der Waals surface area contributed by atoms with Gasteiger partial charge in [0.05, 0.1) is 18.7 Å². The van der Waals surface area contributed by atoms with Crippen LogP contribution in [0.2, 0.25) is 5.02 Å². The van der Waals surface area contributed by atoms with Crippen molar-refractivity contribution in [3.05, 3.63) is 22.7 Å². The third kappa shape index (κ3) is 4.80. The maximum absolute atomic E-state index is 12.0. The summed E-state index contributed by atoms with van der Waals surface area (Å²) >= 11 is 6.14. The zero-order valence-electron chi connectivity index (χ0n) is 13.0. The molecule has 0 aliphatic carbocycles. The van der Waals surface area contributed by atoms with Gasteiger partial charge in [-0.3, -0.25) is 9.59 Å². The Morgan fingerprint density at radius 1 is 1.32 bits per heavy atom. The summed E-state index contributed by atoms with van der Waals surface area (Å²) in [5.74, 6) is -0.684.